The van der Waals surface area contributed by atoms with Gasteiger partial charge in [0, 0.05) is 4.75 Å². The van der Waals surface area contributed by atoms with E-state index < -0.39 is 0 Å². The van der Waals surface area contributed by atoms with Gasteiger partial charge in [-0.3, -0.25) is 0 Å². The average Bonchev–Trinajstić information content (AvgIpc) is 2.74. The molecule has 2 N–H and O–H groups in total. The number of hydrogen-bond acceptors (Lipinski definition) is 5. The Morgan fingerprint density at radius 2 is 2.42 bits per heavy atom. The maximum absolute atomic E-state index is 5.55. The van der Waals surface area contributed by atoms with Gasteiger partial charge in [0.25, 0.3) is 0 Å². The molecule has 1 aromatic rings. The molecule has 1 aromatic heterocycles. The lowest BCUT2D eigenvalue weighted by Crippen LogP contribution is -2.16. The third-order valence-electron chi connectivity index (χ3n) is 2.24. The molecule has 1 saturated carbocycles. The number of nitrogens with two attached hydrogens (primary N) is 1. The summed E-state index contributed by atoms with van der Waals surface area (Å²) in [5.41, 5.74) is 5.55. The van der Waals surface area contributed by atoms with Crippen LogP contribution in [0.15, 0.2) is 0 Å². The molecule has 2 rings (SSSR count). The van der Waals surface area contributed by atoms with Gasteiger partial charge in [-0.2, -0.15) is 11.8 Å². The van der Waals surface area contributed by atoms with Gasteiger partial charge >= 0.3 is 0 Å². The minimum atomic E-state index is 0.365. The van der Waals surface area contributed by atoms with Gasteiger partial charge in [-0.1, -0.05) is 5.10 Å². The topological polar surface area (TPSA) is 69.6 Å². The fraction of sp³-hybridized carbons (Fsp3) is 0.833. The van der Waals surface area contributed by atoms with E-state index in [9.17, 15) is 0 Å². The molecule has 0 saturated heterocycles. The quantitative estimate of drug-likeness (QED) is 0.726. The monoisotopic (exact) mass is 185 g/mol. The Balaban J connectivity index is 2.08. The van der Waals surface area contributed by atoms with Crippen molar-refractivity contribution in [2.45, 2.75) is 24.1 Å². The smallest absolute Gasteiger partial charge is 0.240 e. The molecule has 0 bridgehead atoms. The van der Waals surface area contributed by atoms with Crippen molar-refractivity contribution in [1.82, 2.24) is 20.2 Å². The zero-order valence-electron chi connectivity index (χ0n) is 6.90. The first-order valence-electron chi connectivity index (χ1n) is 3.83. The predicted octanol–water partition coefficient (Wildman–Crippen LogP) is 0.151. The van der Waals surface area contributed by atoms with E-state index in [0.29, 0.717) is 10.7 Å². The van der Waals surface area contributed by atoms with Crippen LogP contribution in [0.1, 0.15) is 12.8 Å². The number of nitrogen functional groups attached to an aromatic ring is 1. The van der Waals surface area contributed by atoms with Gasteiger partial charge in [0.2, 0.25) is 5.95 Å². The van der Waals surface area contributed by atoms with Gasteiger partial charge in [-0.05, 0) is 29.5 Å². The molecule has 0 aromatic carbocycles. The summed E-state index contributed by atoms with van der Waals surface area (Å²) in [7, 11) is 0. The van der Waals surface area contributed by atoms with Gasteiger partial charge < -0.3 is 5.73 Å². The third-order valence-corrected chi connectivity index (χ3v) is 3.64. The summed E-state index contributed by atoms with van der Waals surface area (Å²) in [5, 5.41) is 10.9. The van der Waals surface area contributed by atoms with Crippen molar-refractivity contribution in [3.05, 3.63) is 0 Å². The molecule has 1 fully saturated rings. The Morgan fingerprint density at radius 1 is 1.67 bits per heavy atom. The van der Waals surface area contributed by atoms with E-state index in [1.807, 2.05) is 11.8 Å². The van der Waals surface area contributed by atoms with E-state index in [0.717, 1.165) is 6.54 Å². The Morgan fingerprint density at radius 3 is 2.83 bits per heavy atom. The van der Waals surface area contributed by atoms with Crippen LogP contribution in [0.25, 0.3) is 0 Å². The summed E-state index contributed by atoms with van der Waals surface area (Å²) in [4.78, 5) is 0. The lowest BCUT2D eigenvalue weighted by Gasteiger charge is -2.10. The summed E-state index contributed by atoms with van der Waals surface area (Å²) in [6.07, 6.45) is 4.61. The van der Waals surface area contributed by atoms with Crippen molar-refractivity contribution >= 4 is 17.7 Å². The minimum absolute atomic E-state index is 0.365. The number of hydrogen-bond donors (Lipinski definition) is 1. The average molecular weight is 185 g/mol. The van der Waals surface area contributed by atoms with Crippen molar-refractivity contribution in [3.8, 4) is 0 Å². The van der Waals surface area contributed by atoms with Gasteiger partial charge in [-0.25, -0.2) is 4.68 Å². The molecule has 0 spiro atoms. The fourth-order valence-electron chi connectivity index (χ4n) is 1.16. The second-order valence-corrected chi connectivity index (χ2v) is 4.36. The normalized spacial score (nSPS) is 19.4. The van der Waals surface area contributed by atoms with Crippen LogP contribution in [0.4, 0.5) is 5.95 Å². The molecule has 0 aliphatic heterocycles. The van der Waals surface area contributed by atoms with Crippen LogP contribution in [-0.2, 0) is 6.54 Å². The first-order valence-corrected chi connectivity index (χ1v) is 5.05. The predicted molar refractivity (Wildman–Crippen MR) is 47.7 cm³/mol. The van der Waals surface area contributed by atoms with Crippen LogP contribution in [-0.4, -0.2) is 31.2 Å². The SMILES string of the molecule is CSC1(Cn2nnnc2N)CC1. The molecule has 0 atom stereocenters. The fourth-order valence-corrected chi connectivity index (χ4v) is 1.93. The second-order valence-electron chi connectivity index (χ2n) is 3.08. The van der Waals surface area contributed by atoms with Crippen LogP contribution >= 0.6 is 11.8 Å². The molecule has 0 radical (unpaired) electrons. The van der Waals surface area contributed by atoms with E-state index in [1.165, 1.54) is 12.8 Å². The second kappa shape index (κ2) is 2.62. The number of aromatic nitrogens is 4. The maximum Gasteiger partial charge on any atom is 0.240 e. The van der Waals surface area contributed by atoms with E-state index in [2.05, 4.69) is 21.8 Å². The zero-order chi connectivity index (χ0) is 8.60. The molecule has 1 aliphatic rings. The highest BCUT2D eigenvalue weighted by atomic mass is 32.2. The number of anilines is 1. The standard InChI is InChI=1S/C6H11N5S/c1-12-6(2-3-6)4-11-5(7)8-9-10-11/h2-4H2,1H3,(H2,7,8,10). The van der Waals surface area contributed by atoms with Crippen LogP contribution < -0.4 is 5.73 Å². The van der Waals surface area contributed by atoms with Crippen molar-refractivity contribution < 1.29 is 0 Å². The summed E-state index contributed by atoms with van der Waals surface area (Å²) in [6.45, 7) is 0.840. The number of nitrogens with zero attached hydrogens (tertiary/aromatic N) is 4. The number of rotatable bonds is 3. The van der Waals surface area contributed by atoms with Crippen LogP contribution in [0.5, 0.6) is 0 Å². The number of tetrazole rings is 1. The first-order chi connectivity index (χ1) is 5.76. The van der Waals surface area contributed by atoms with E-state index in [1.54, 1.807) is 4.68 Å². The molecule has 12 heavy (non-hydrogen) atoms. The molecule has 5 nitrogen and oxygen atoms in total. The van der Waals surface area contributed by atoms with E-state index in [4.69, 9.17) is 5.73 Å². The lowest BCUT2D eigenvalue weighted by molar-refractivity contribution is 0.573. The molecular weight excluding hydrogens is 174 g/mol. The summed E-state index contributed by atoms with van der Waals surface area (Å²) < 4.78 is 2.03. The maximum atomic E-state index is 5.55. The van der Waals surface area contributed by atoms with E-state index >= 15 is 0 Å². The van der Waals surface area contributed by atoms with Gasteiger partial charge in [0.15, 0.2) is 0 Å². The molecule has 0 amide bonds. The summed E-state index contributed by atoms with van der Waals surface area (Å²) in [5.74, 6) is 0.412. The number of thioether (sulfide) groups is 1. The van der Waals surface area contributed by atoms with Crippen LogP contribution in [0.3, 0.4) is 0 Å². The Hall–Kier alpha value is -0.780. The molecule has 1 heterocycles. The lowest BCUT2D eigenvalue weighted by atomic mass is 10.4. The molecule has 0 unspecified atom stereocenters. The first kappa shape index (κ1) is 7.85. The Kier molecular flexibility index (Phi) is 1.71. The Labute approximate surface area is 74.7 Å². The minimum Gasteiger partial charge on any atom is -0.367 e. The molecule has 6 heteroatoms. The van der Waals surface area contributed by atoms with Gasteiger partial charge in [0.1, 0.15) is 0 Å². The molecular formula is C6H11N5S. The molecule has 66 valence electrons. The van der Waals surface area contributed by atoms with Crippen LogP contribution in [0.2, 0.25) is 0 Å². The van der Waals surface area contributed by atoms with Crippen molar-refractivity contribution in [3.63, 3.8) is 0 Å². The highest BCUT2D eigenvalue weighted by Crippen LogP contribution is 2.48. The summed E-state index contributed by atoms with van der Waals surface area (Å²) in [6, 6.07) is 0. The van der Waals surface area contributed by atoms with Crippen LogP contribution in [0, 0.1) is 0 Å². The van der Waals surface area contributed by atoms with Gasteiger partial charge in [0.05, 0.1) is 6.54 Å². The third kappa shape index (κ3) is 1.26. The van der Waals surface area contributed by atoms with Crippen molar-refractivity contribution in [2.24, 2.45) is 0 Å². The highest BCUT2D eigenvalue weighted by Gasteiger charge is 2.42. The van der Waals surface area contributed by atoms with Crippen molar-refractivity contribution in [1.29, 1.82) is 0 Å². The van der Waals surface area contributed by atoms with Gasteiger partial charge in [-0.15, -0.1) is 0 Å². The highest BCUT2D eigenvalue weighted by molar-refractivity contribution is 8.00. The molecule has 1 aliphatic carbocycles. The van der Waals surface area contributed by atoms with E-state index in [-0.39, 0.29) is 0 Å². The Bertz CT molecular complexity index is 279. The van der Waals surface area contributed by atoms with Crippen molar-refractivity contribution in [2.75, 3.05) is 12.0 Å². The summed E-state index contributed by atoms with van der Waals surface area (Å²) >= 11 is 1.87. The zero-order valence-corrected chi connectivity index (χ0v) is 7.71. The largest absolute Gasteiger partial charge is 0.367 e.